The Labute approximate surface area is 151 Å². The van der Waals surface area contributed by atoms with Gasteiger partial charge < -0.3 is 14.9 Å². The zero-order valence-corrected chi connectivity index (χ0v) is 16.4. The second-order valence-corrected chi connectivity index (χ2v) is 11.9. The summed E-state index contributed by atoms with van der Waals surface area (Å²) in [6.45, 7) is 10.8. The Balaban J connectivity index is 1.59. The summed E-state index contributed by atoms with van der Waals surface area (Å²) in [5.41, 5.74) is -2.77. The van der Waals surface area contributed by atoms with E-state index in [1.807, 2.05) is 0 Å². The molecule has 0 saturated heterocycles. The van der Waals surface area contributed by atoms with Crippen molar-refractivity contribution < 1.29 is 19.7 Å². The van der Waals surface area contributed by atoms with Crippen LogP contribution in [0, 0.1) is 22.2 Å². The fraction of sp³-hybridized carbons (Fsp3) is 0.952. The molecule has 2 N–H and O–H groups in total. The highest BCUT2D eigenvalue weighted by molar-refractivity contribution is 5.82. The van der Waals surface area contributed by atoms with Crippen LogP contribution in [0.15, 0.2) is 0 Å². The van der Waals surface area contributed by atoms with E-state index < -0.39 is 22.2 Å². The van der Waals surface area contributed by atoms with Crippen LogP contribution in [0.5, 0.6) is 0 Å². The SMILES string of the molecule is CC(C)(C)CC1(C(=O)OC23CC4CC(O)(CC(O)(C4)C2)C3)CC1(C)C. The van der Waals surface area contributed by atoms with Crippen LogP contribution in [0.4, 0.5) is 0 Å². The first-order valence-electron chi connectivity index (χ1n) is 9.88. The van der Waals surface area contributed by atoms with E-state index >= 15 is 0 Å². The van der Waals surface area contributed by atoms with E-state index in [0.29, 0.717) is 19.3 Å². The van der Waals surface area contributed by atoms with E-state index in [4.69, 9.17) is 4.74 Å². The molecule has 3 atom stereocenters. The molecule has 4 heteroatoms. The highest BCUT2D eigenvalue weighted by Gasteiger charge is 2.70. The molecule has 5 fully saturated rings. The molecule has 0 aromatic carbocycles. The van der Waals surface area contributed by atoms with Gasteiger partial charge in [-0.1, -0.05) is 34.6 Å². The van der Waals surface area contributed by atoms with Gasteiger partial charge in [-0.2, -0.15) is 0 Å². The minimum Gasteiger partial charge on any atom is -0.458 e. The maximum atomic E-state index is 13.3. The molecule has 5 saturated carbocycles. The van der Waals surface area contributed by atoms with Crippen LogP contribution in [-0.2, 0) is 9.53 Å². The number of aliphatic hydroxyl groups is 2. The summed E-state index contributed by atoms with van der Waals surface area (Å²) in [5, 5.41) is 21.8. The molecule has 0 heterocycles. The molecule has 0 aliphatic heterocycles. The molecule has 5 rings (SSSR count). The van der Waals surface area contributed by atoms with Crippen LogP contribution in [0.25, 0.3) is 0 Å². The van der Waals surface area contributed by atoms with E-state index in [1.54, 1.807) is 0 Å². The van der Waals surface area contributed by atoms with Gasteiger partial charge in [0.05, 0.1) is 16.6 Å². The van der Waals surface area contributed by atoms with Crippen LogP contribution in [0.2, 0.25) is 0 Å². The Kier molecular flexibility index (Phi) is 3.29. The van der Waals surface area contributed by atoms with Crippen LogP contribution in [-0.4, -0.2) is 33.0 Å². The number of ether oxygens (including phenoxy) is 1. The van der Waals surface area contributed by atoms with E-state index in [0.717, 1.165) is 32.1 Å². The van der Waals surface area contributed by atoms with Crippen LogP contribution in [0.1, 0.15) is 86.0 Å². The average Bonchev–Trinajstić information content (AvgIpc) is 2.83. The summed E-state index contributed by atoms with van der Waals surface area (Å²) < 4.78 is 6.23. The van der Waals surface area contributed by atoms with Gasteiger partial charge in [-0.25, -0.2) is 0 Å². The maximum absolute atomic E-state index is 13.3. The predicted octanol–water partition coefficient (Wildman–Crippen LogP) is 3.58. The molecule has 4 nitrogen and oxygen atoms in total. The number of rotatable bonds is 3. The standard InChI is InChI=1S/C21H34O4/c1-16(2,3)9-21(10-17(21,4)5)15(22)25-20-8-14-6-18(23,12-20)11-19(24,7-14)13-20/h14,23-24H,6-13H2,1-5H3. The molecule has 0 spiro atoms. The fourth-order valence-electron chi connectivity index (χ4n) is 7.00. The highest BCUT2D eigenvalue weighted by Crippen LogP contribution is 2.69. The summed E-state index contributed by atoms with van der Waals surface area (Å²) in [5.74, 6) is 0.173. The van der Waals surface area contributed by atoms with E-state index in [-0.39, 0.29) is 22.7 Å². The largest absolute Gasteiger partial charge is 0.458 e. The van der Waals surface area contributed by atoms with Crippen LogP contribution in [0.3, 0.4) is 0 Å². The van der Waals surface area contributed by atoms with Crippen molar-refractivity contribution in [2.24, 2.45) is 22.2 Å². The second-order valence-electron chi connectivity index (χ2n) is 11.9. The zero-order valence-electron chi connectivity index (χ0n) is 16.4. The lowest BCUT2D eigenvalue weighted by Crippen LogP contribution is -2.67. The van der Waals surface area contributed by atoms with Crippen LogP contribution < -0.4 is 0 Å². The van der Waals surface area contributed by atoms with Gasteiger partial charge in [0.2, 0.25) is 0 Å². The van der Waals surface area contributed by atoms with Gasteiger partial charge in [0.1, 0.15) is 5.60 Å². The molecule has 25 heavy (non-hydrogen) atoms. The van der Waals surface area contributed by atoms with Crippen molar-refractivity contribution in [3.05, 3.63) is 0 Å². The number of carbonyl (C=O) groups is 1. The van der Waals surface area contributed by atoms with Gasteiger partial charge in [0.15, 0.2) is 0 Å². The Morgan fingerprint density at radius 1 is 1.00 bits per heavy atom. The van der Waals surface area contributed by atoms with Crippen molar-refractivity contribution in [3.63, 3.8) is 0 Å². The molecule has 5 aliphatic rings. The predicted molar refractivity (Wildman–Crippen MR) is 94.8 cm³/mol. The first-order chi connectivity index (χ1) is 11.2. The third-order valence-corrected chi connectivity index (χ3v) is 7.40. The summed E-state index contributed by atoms with van der Waals surface area (Å²) in [6, 6.07) is 0. The van der Waals surface area contributed by atoms with E-state index in [9.17, 15) is 15.0 Å². The molecule has 0 aromatic heterocycles. The van der Waals surface area contributed by atoms with Crippen molar-refractivity contribution in [3.8, 4) is 0 Å². The molecule has 0 amide bonds. The van der Waals surface area contributed by atoms with Gasteiger partial charge in [0, 0.05) is 19.3 Å². The number of carbonyl (C=O) groups excluding carboxylic acids is 1. The minimum atomic E-state index is -0.856. The number of esters is 1. The van der Waals surface area contributed by atoms with Crippen LogP contribution >= 0.6 is 0 Å². The lowest BCUT2D eigenvalue weighted by molar-refractivity contribution is -0.263. The average molecular weight is 350 g/mol. The van der Waals surface area contributed by atoms with Crippen molar-refractivity contribution in [1.82, 2.24) is 0 Å². The smallest absolute Gasteiger partial charge is 0.313 e. The van der Waals surface area contributed by atoms with E-state index in [1.165, 1.54) is 0 Å². The first kappa shape index (κ1) is 17.8. The fourth-order valence-corrected chi connectivity index (χ4v) is 7.00. The summed E-state index contributed by atoms with van der Waals surface area (Å²) >= 11 is 0. The van der Waals surface area contributed by atoms with Crippen molar-refractivity contribution in [2.45, 2.75) is 103 Å². The second kappa shape index (κ2) is 4.62. The normalized spacial score (nSPS) is 50.0. The van der Waals surface area contributed by atoms with Gasteiger partial charge >= 0.3 is 5.97 Å². The summed E-state index contributed by atoms with van der Waals surface area (Å²) in [6.07, 6.45) is 5.40. The van der Waals surface area contributed by atoms with Crippen molar-refractivity contribution in [1.29, 1.82) is 0 Å². The van der Waals surface area contributed by atoms with Gasteiger partial charge in [-0.05, 0) is 48.9 Å². The minimum absolute atomic E-state index is 0.0343. The van der Waals surface area contributed by atoms with Gasteiger partial charge in [-0.3, -0.25) is 4.79 Å². The molecule has 5 aliphatic carbocycles. The number of hydrogen-bond donors (Lipinski definition) is 2. The van der Waals surface area contributed by atoms with Crippen molar-refractivity contribution in [2.75, 3.05) is 0 Å². The monoisotopic (exact) mass is 350 g/mol. The quantitative estimate of drug-likeness (QED) is 0.764. The third kappa shape index (κ3) is 2.75. The molecule has 4 bridgehead atoms. The zero-order chi connectivity index (χ0) is 18.5. The summed E-state index contributed by atoms with van der Waals surface area (Å²) in [4.78, 5) is 13.3. The molecular formula is C21H34O4. The maximum Gasteiger partial charge on any atom is 0.313 e. The highest BCUT2D eigenvalue weighted by atomic mass is 16.6. The summed E-state index contributed by atoms with van der Waals surface area (Å²) in [7, 11) is 0. The Morgan fingerprint density at radius 3 is 1.92 bits per heavy atom. The Morgan fingerprint density at radius 2 is 1.52 bits per heavy atom. The van der Waals surface area contributed by atoms with Gasteiger partial charge in [-0.15, -0.1) is 0 Å². The molecule has 0 radical (unpaired) electrons. The first-order valence-corrected chi connectivity index (χ1v) is 9.88. The molecule has 3 unspecified atom stereocenters. The van der Waals surface area contributed by atoms with Crippen molar-refractivity contribution >= 4 is 5.97 Å². The Hall–Kier alpha value is -0.610. The lowest BCUT2D eigenvalue weighted by Gasteiger charge is -2.62. The number of hydrogen-bond acceptors (Lipinski definition) is 4. The molecule has 142 valence electrons. The molecular weight excluding hydrogens is 316 g/mol. The molecule has 0 aromatic rings. The topological polar surface area (TPSA) is 66.8 Å². The Bertz CT molecular complexity index is 598. The lowest BCUT2D eigenvalue weighted by atomic mass is 9.50. The van der Waals surface area contributed by atoms with E-state index in [2.05, 4.69) is 34.6 Å². The third-order valence-electron chi connectivity index (χ3n) is 7.40. The van der Waals surface area contributed by atoms with Gasteiger partial charge in [0.25, 0.3) is 0 Å².